The molecule has 0 saturated carbocycles. The minimum absolute atomic E-state index is 0.00762. The number of nitrogens with one attached hydrogen (secondary N) is 1. The SMILES string of the molecule is CC[C@H]1OC(=O)C[C@@H](O)[C@H](C)C(O[C@H]2C[C@@H](NC)[C@H](O[C@H]3C[C@@](C)(O)[C@@H](O)[C@H](C)O3)[C@@H](C)O2)[C@@H](CC=O)C[C@@H](C)C(=O)/C=C/C2(C)OC2C1COC1O[C@H](C)C(O)C(OC)C1OC. The second-order valence-electron chi connectivity index (χ2n) is 18.8. The number of hydrogen-bond acceptors (Lipinski definition) is 18. The van der Waals surface area contributed by atoms with Gasteiger partial charge in [-0.2, -0.15) is 0 Å². The van der Waals surface area contributed by atoms with Crippen LogP contribution in [-0.4, -0.2) is 176 Å². The molecule has 362 valence electrons. The van der Waals surface area contributed by atoms with Gasteiger partial charge in [0, 0.05) is 57.3 Å². The highest BCUT2D eigenvalue weighted by atomic mass is 16.7. The van der Waals surface area contributed by atoms with Crippen LogP contribution in [0.15, 0.2) is 12.2 Å². The molecule has 0 radical (unpaired) electrons. The summed E-state index contributed by atoms with van der Waals surface area (Å²) in [4.78, 5) is 39.9. The number of ether oxygens (including phenoxy) is 10. The largest absolute Gasteiger partial charge is 0.462 e. The van der Waals surface area contributed by atoms with E-state index in [1.54, 1.807) is 47.7 Å². The highest BCUT2D eigenvalue weighted by molar-refractivity contribution is 5.91. The summed E-state index contributed by atoms with van der Waals surface area (Å²) in [6, 6.07) is -0.329. The van der Waals surface area contributed by atoms with E-state index in [-0.39, 0.29) is 44.1 Å². The molecule has 18 nitrogen and oxygen atoms in total. The third kappa shape index (κ3) is 12.3. The van der Waals surface area contributed by atoms with Crippen LogP contribution in [0.3, 0.4) is 0 Å². The lowest BCUT2D eigenvalue weighted by atomic mass is 9.79. The lowest BCUT2D eigenvalue weighted by Crippen LogP contribution is -2.60. The minimum Gasteiger partial charge on any atom is -0.462 e. The Morgan fingerprint density at radius 3 is 2.17 bits per heavy atom. The minimum atomic E-state index is -1.42. The number of aldehydes is 1. The van der Waals surface area contributed by atoms with E-state index in [1.165, 1.54) is 20.3 Å². The van der Waals surface area contributed by atoms with E-state index in [0.29, 0.717) is 6.42 Å². The number of carbonyl (C=O) groups excluding carboxylic acids is 3. The maximum Gasteiger partial charge on any atom is 0.308 e. The van der Waals surface area contributed by atoms with Crippen molar-refractivity contribution >= 4 is 18.0 Å². The molecular formula is C45H75NO17. The number of fused-ring (bicyclic) bond motifs is 1. The molecular weight excluding hydrogens is 826 g/mol. The molecule has 0 aliphatic carbocycles. The molecule has 5 rings (SSSR count). The van der Waals surface area contributed by atoms with E-state index < -0.39 is 139 Å². The monoisotopic (exact) mass is 902 g/mol. The lowest BCUT2D eigenvalue weighted by Gasteiger charge is -2.47. The third-order valence-electron chi connectivity index (χ3n) is 14.0. The fraction of sp³-hybridized carbons (Fsp3) is 0.889. The van der Waals surface area contributed by atoms with E-state index in [4.69, 9.17) is 47.4 Å². The molecule has 0 aromatic rings. The van der Waals surface area contributed by atoms with Crippen molar-refractivity contribution < 1.29 is 82.2 Å². The van der Waals surface area contributed by atoms with Crippen LogP contribution >= 0.6 is 0 Å². The van der Waals surface area contributed by atoms with Crippen LogP contribution in [0.1, 0.15) is 93.9 Å². The first-order chi connectivity index (χ1) is 29.7. The number of epoxide rings is 1. The number of ketones is 1. The number of allylic oxidation sites excluding steroid dienone is 1. The van der Waals surface area contributed by atoms with Gasteiger partial charge in [0.15, 0.2) is 24.7 Å². The van der Waals surface area contributed by atoms with Crippen LogP contribution in [0, 0.1) is 23.7 Å². The molecule has 63 heavy (non-hydrogen) atoms. The number of carbonyl (C=O) groups is 3. The number of aliphatic hydroxyl groups is 4. The summed E-state index contributed by atoms with van der Waals surface area (Å²) in [7, 11) is 4.72. The molecule has 5 N–H and O–H groups in total. The third-order valence-corrected chi connectivity index (χ3v) is 14.0. The Hall–Kier alpha value is -2.01. The maximum atomic E-state index is 13.8. The molecule has 5 heterocycles. The molecule has 18 heteroatoms. The number of cyclic esters (lactones) is 1. The molecule has 5 aliphatic rings. The molecule has 0 bridgehead atoms. The highest BCUT2D eigenvalue weighted by Crippen LogP contribution is 2.46. The number of likely N-dealkylation sites (N-methyl/N-ethyl adjacent to an activating group) is 1. The topological polar surface area (TPSA) is 240 Å². The molecule has 0 aromatic carbocycles. The Bertz CT molecular complexity index is 1530. The number of aliphatic hydroxyl groups excluding tert-OH is 3. The van der Waals surface area contributed by atoms with Crippen molar-refractivity contribution in [3.8, 4) is 0 Å². The van der Waals surface area contributed by atoms with Gasteiger partial charge in [0.2, 0.25) is 0 Å². The molecule has 22 atom stereocenters. The van der Waals surface area contributed by atoms with Crippen molar-refractivity contribution in [1.82, 2.24) is 5.32 Å². The van der Waals surface area contributed by atoms with Gasteiger partial charge >= 0.3 is 5.97 Å². The summed E-state index contributed by atoms with van der Waals surface area (Å²) in [5.41, 5.74) is -2.33. The summed E-state index contributed by atoms with van der Waals surface area (Å²) < 4.78 is 61.3. The van der Waals surface area contributed by atoms with Gasteiger partial charge in [-0.3, -0.25) is 9.59 Å². The summed E-state index contributed by atoms with van der Waals surface area (Å²) in [6.45, 7) is 14.0. The first kappa shape index (κ1) is 52.0. The maximum absolute atomic E-state index is 13.8. The van der Waals surface area contributed by atoms with Crippen molar-refractivity contribution in [2.24, 2.45) is 23.7 Å². The molecule has 4 fully saturated rings. The smallest absolute Gasteiger partial charge is 0.308 e. The molecule has 0 spiro atoms. The first-order valence-electron chi connectivity index (χ1n) is 22.6. The first-order valence-corrected chi connectivity index (χ1v) is 22.6. The Kier molecular flexibility index (Phi) is 18.3. The molecule has 4 saturated heterocycles. The van der Waals surface area contributed by atoms with E-state index in [0.717, 1.165) is 6.29 Å². The van der Waals surface area contributed by atoms with E-state index in [9.17, 15) is 34.8 Å². The number of hydrogen-bond donors (Lipinski definition) is 5. The van der Waals surface area contributed by atoms with E-state index in [1.807, 2.05) is 20.8 Å². The summed E-state index contributed by atoms with van der Waals surface area (Å²) in [5.74, 6) is -3.26. The van der Waals surface area contributed by atoms with E-state index >= 15 is 0 Å². The van der Waals surface area contributed by atoms with Gasteiger partial charge in [0.1, 0.15) is 48.5 Å². The van der Waals surface area contributed by atoms with Crippen LogP contribution in [-0.2, 0) is 61.8 Å². The second-order valence-corrected chi connectivity index (χ2v) is 18.8. The van der Waals surface area contributed by atoms with Crippen molar-refractivity contribution in [1.29, 1.82) is 0 Å². The van der Waals surface area contributed by atoms with Crippen LogP contribution in [0.25, 0.3) is 0 Å². The zero-order valence-electron chi connectivity index (χ0n) is 38.8. The molecule has 5 aliphatic heterocycles. The Labute approximate surface area is 371 Å². The van der Waals surface area contributed by atoms with Gasteiger partial charge in [-0.05, 0) is 72.6 Å². The zero-order valence-corrected chi connectivity index (χ0v) is 38.8. The summed E-state index contributed by atoms with van der Waals surface area (Å²) in [5, 5.41) is 47.0. The van der Waals surface area contributed by atoms with Gasteiger partial charge in [-0.15, -0.1) is 0 Å². The van der Waals surface area contributed by atoms with Crippen molar-refractivity contribution in [2.75, 3.05) is 27.9 Å². The van der Waals surface area contributed by atoms with Gasteiger partial charge in [0.05, 0.1) is 55.3 Å². The number of rotatable bonds is 13. The predicted octanol–water partition coefficient (Wildman–Crippen LogP) is 1.73. The Morgan fingerprint density at radius 1 is 0.889 bits per heavy atom. The number of esters is 1. The molecule has 8 unspecified atom stereocenters. The zero-order chi connectivity index (χ0) is 46.6. The van der Waals surface area contributed by atoms with Gasteiger partial charge in [-0.25, -0.2) is 0 Å². The Morgan fingerprint density at radius 2 is 1.56 bits per heavy atom. The summed E-state index contributed by atoms with van der Waals surface area (Å²) in [6.07, 6.45) is -7.45. The van der Waals surface area contributed by atoms with Gasteiger partial charge < -0.3 is 77.9 Å². The predicted molar refractivity (Wildman–Crippen MR) is 224 cm³/mol. The second kappa shape index (κ2) is 22.2. The average Bonchev–Trinajstić information content (AvgIpc) is 3.91. The summed E-state index contributed by atoms with van der Waals surface area (Å²) >= 11 is 0. The average molecular weight is 902 g/mol. The quantitative estimate of drug-likeness (QED) is 0.100. The van der Waals surface area contributed by atoms with Gasteiger partial charge in [0.25, 0.3) is 0 Å². The fourth-order valence-electron chi connectivity index (χ4n) is 9.89. The lowest BCUT2D eigenvalue weighted by molar-refractivity contribution is -0.317. The van der Waals surface area contributed by atoms with Crippen molar-refractivity contribution in [2.45, 2.75) is 203 Å². The van der Waals surface area contributed by atoms with Crippen LogP contribution in [0.4, 0.5) is 0 Å². The van der Waals surface area contributed by atoms with Crippen molar-refractivity contribution in [3.63, 3.8) is 0 Å². The fourth-order valence-corrected chi connectivity index (χ4v) is 9.89. The normalized spacial score (nSPS) is 48.5. The van der Waals surface area contributed by atoms with Crippen LogP contribution < -0.4 is 5.32 Å². The molecule has 0 amide bonds. The van der Waals surface area contributed by atoms with Crippen molar-refractivity contribution in [3.05, 3.63) is 12.2 Å². The van der Waals surface area contributed by atoms with Crippen LogP contribution in [0.2, 0.25) is 0 Å². The van der Waals surface area contributed by atoms with Crippen LogP contribution in [0.5, 0.6) is 0 Å². The Balaban J connectivity index is 1.36. The molecule has 0 aromatic heterocycles. The number of methoxy groups -OCH3 is 2. The van der Waals surface area contributed by atoms with Gasteiger partial charge in [-0.1, -0.05) is 20.8 Å². The highest BCUT2D eigenvalue weighted by Gasteiger charge is 2.58. The standard InChI is InChI=1S/C45H75NO17/c1-12-32-28(21-56-43-40(55-11)39(54-10)36(51)24(4)59-43)42-45(8,63-42)15-13-30(48)22(2)17-27(14-16-47)37(23(3)31(49)19-33(50)60-32)61-34-18-29(46-9)38(25(5)57-34)62-35-20-44(7,53)41(52)26(6)58-35/h13,15-16,22-29,31-32,34-43,46,49,51-53H,12,14,17-21H2,1-11H3/b15-13+/t22-,23+,24-,25-,26+,27+,28?,29-,31-,32-,34+,35+,36?,37?,38-,39?,40?,41+,42?,43?,44-,45?/m1/s1. The van der Waals surface area contributed by atoms with E-state index in [2.05, 4.69) is 5.32 Å².